The van der Waals surface area contributed by atoms with E-state index in [0.29, 0.717) is 30.5 Å². The molecule has 0 saturated carbocycles. The van der Waals surface area contributed by atoms with Gasteiger partial charge in [0, 0.05) is 12.6 Å². The zero-order valence-electron chi connectivity index (χ0n) is 11.9. The van der Waals surface area contributed by atoms with E-state index in [0.717, 1.165) is 24.8 Å². The van der Waals surface area contributed by atoms with Crippen molar-refractivity contribution in [3.8, 4) is 11.5 Å². The van der Waals surface area contributed by atoms with Crippen molar-refractivity contribution in [1.82, 2.24) is 5.32 Å². The second kappa shape index (κ2) is 6.15. The molecule has 0 radical (unpaired) electrons. The number of alkyl halides is 2. The highest BCUT2D eigenvalue weighted by Crippen LogP contribution is 2.35. The minimum atomic E-state index is -2.86. The SMILES string of the molecule is COc1ccc(CNC2CC3CCC2O3)cc1OC(F)F. The van der Waals surface area contributed by atoms with Crippen molar-refractivity contribution in [2.75, 3.05) is 7.11 Å². The van der Waals surface area contributed by atoms with E-state index in [2.05, 4.69) is 10.1 Å². The highest BCUT2D eigenvalue weighted by atomic mass is 19.3. The zero-order chi connectivity index (χ0) is 14.8. The van der Waals surface area contributed by atoms with E-state index in [4.69, 9.17) is 9.47 Å². The summed E-state index contributed by atoms with van der Waals surface area (Å²) in [6, 6.07) is 5.43. The van der Waals surface area contributed by atoms with Crippen molar-refractivity contribution < 1.29 is 23.0 Å². The average Bonchev–Trinajstić information content (AvgIpc) is 3.07. The Morgan fingerprint density at radius 3 is 2.81 bits per heavy atom. The molecule has 2 aliphatic rings. The smallest absolute Gasteiger partial charge is 0.387 e. The lowest BCUT2D eigenvalue weighted by Gasteiger charge is -2.20. The Morgan fingerprint density at radius 2 is 2.19 bits per heavy atom. The number of fused-ring (bicyclic) bond motifs is 2. The van der Waals surface area contributed by atoms with E-state index < -0.39 is 6.61 Å². The topological polar surface area (TPSA) is 39.7 Å². The van der Waals surface area contributed by atoms with Crippen LogP contribution in [-0.4, -0.2) is 32.0 Å². The first-order chi connectivity index (χ1) is 10.2. The third-order valence-electron chi connectivity index (χ3n) is 4.12. The molecule has 21 heavy (non-hydrogen) atoms. The van der Waals surface area contributed by atoms with Crippen molar-refractivity contribution in [3.63, 3.8) is 0 Å². The standard InChI is InChI=1S/C15H19F2NO3/c1-19-13-4-2-9(6-14(13)21-15(16)17)8-18-11-7-10-3-5-12(11)20-10/h2,4,6,10-12,15,18H,3,5,7-8H2,1H3. The molecular formula is C15H19F2NO3. The van der Waals surface area contributed by atoms with Crippen LogP contribution in [0.15, 0.2) is 18.2 Å². The summed E-state index contributed by atoms with van der Waals surface area (Å²) in [5.74, 6) is 0.373. The number of hydrogen-bond acceptors (Lipinski definition) is 4. The molecule has 3 unspecified atom stereocenters. The van der Waals surface area contributed by atoms with Gasteiger partial charge in [-0.3, -0.25) is 0 Å². The van der Waals surface area contributed by atoms with Gasteiger partial charge in [0.15, 0.2) is 11.5 Å². The van der Waals surface area contributed by atoms with Crippen molar-refractivity contribution in [2.24, 2.45) is 0 Å². The Morgan fingerprint density at radius 1 is 1.33 bits per heavy atom. The number of hydrogen-bond donors (Lipinski definition) is 1. The minimum absolute atomic E-state index is 0.0657. The molecule has 2 fully saturated rings. The molecule has 1 aromatic carbocycles. The van der Waals surface area contributed by atoms with E-state index >= 15 is 0 Å². The van der Waals surface area contributed by atoms with Crippen LogP contribution >= 0.6 is 0 Å². The molecule has 3 rings (SSSR count). The molecule has 0 amide bonds. The fraction of sp³-hybridized carbons (Fsp3) is 0.600. The van der Waals surface area contributed by atoms with Gasteiger partial charge in [-0.15, -0.1) is 0 Å². The molecule has 2 bridgehead atoms. The fourth-order valence-corrected chi connectivity index (χ4v) is 3.12. The van der Waals surface area contributed by atoms with Crippen molar-refractivity contribution >= 4 is 0 Å². The predicted molar refractivity (Wildman–Crippen MR) is 72.8 cm³/mol. The molecule has 0 aliphatic carbocycles. The van der Waals surface area contributed by atoms with E-state index in [1.165, 1.54) is 7.11 Å². The molecule has 116 valence electrons. The lowest BCUT2D eigenvalue weighted by atomic mass is 9.95. The van der Waals surface area contributed by atoms with Gasteiger partial charge >= 0.3 is 6.61 Å². The molecule has 3 atom stereocenters. The second-order valence-corrected chi connectivity index (χ2v) is 5.46. The minimum Gasteiger partial charge on any atom is -0.493 e. The summed E-state index contributed by atoms with van der Waals surface area (Å²) in [6.45, 7) is -2.26. The molecule has 2 aliphatic heterocycles. The van der Waals surface area contributed by atoms with Crippen LogP contribution in [0.4, 0.5) is 8.78 Å². The maximum absolute atomic E-state index is 12.4. The summed E-state index contributed by atoms with van der Waals surface area (Å²) in [5, 5.41) is 3.44. The van der Waals surface area contributed by atoms with Gasteiger partial charge in [-0.25, -0.2) is 0 Å². The van der Waals surface area contributed by atoms with Gasteiger partial charge < -0.3 is 19.5 Å². The highest BCUT2D eigenvalue weighted by Gasteiger charge is 2.40. The van der Waals surface area contributed by atoms with Crippen molar-refractivity contribution in [2.45, 2.75) is 50.7 Å². The van der Waals surface area contributed by atoms with E-state index in [9.17, 15) is 8.78 Å². The summed E-state index contributed by atoms with van der Waals surface area (Å²) in [7, 11) is 1.43. The predicted octanol–water partition coefficient (Wildman–Crippen LogP) is 2.71. The summed E-state index contributed by atoms with van der Waals surface area (Å²) in [6.07, 6.45) is 3.97. The molecule has 1 aromatic rings. The summed E-state index contributed by atoms with van der Waals surface area (Å²) in [4.78, 5) is 0. The average molecular weight is 299 g/mol. The van der Waals surface area contributed by atoms with Crippen LogP contribution in [-0.2, 0) is 11.3 Å². The van der Waals surface area contributed by atoms with Crippen LogP contribution in [0.25, 0.3) is 0 Å². The summed E-state index contributed by atoms with van der Waals surface area (Å²) >= 11 is 0. The molecule has 2 saturated heterocycles. The molecule has 4 nitrogen and oxygen atoms in total. The quantitative estimate of drug-likeness (QED) is 0.877. The van der Waals surface area contributed by atoms with Crippen LogP contribution in [0.2, 0.25) is 0 Å². The van der Waals surface area contributed by atoms with Gasteiger partial charge in [-0.1, -0.05) is 6.07 Å². The number of benzene rings is 1. The monoisotopic (exact) mass is 299 g/mol. The normalized spacial score (nSPS) is 27.3. The fourth-order valence-electron chi connectivity index (χ4n) is 3.12. The molecule has 2 heterocycles. The van der Waals surface area contributed by atoms with Gasteiger partial charge in [0.25, 0.3) is 0 Å². The summed E-state index contributed by atoms with van der Waals surface area (Å²) in [5.41, 5.74) is 0.884. The van der Waals surface area contributed by atoms with Crippen LogP contribution in [0.1, 0.15) is 24.8 Å². The third kappa shape index (κ3) is 3.27. The lowest BCUT2D eigenvalue weighted by Crippen LogP contribution is -2.36. The van der Waals surface area contributed by atoms with Gasteiger partial charge in [0.05, 0.1) is 19.3 Å². The third-order valence-corrected chi connectivity index (χ3v) is 4.12. The maximum Gasteiger partial charge on any atom is 0.387 e. The Hall–Kier alpha value is -1.40. The molecular weight excluding hydrogens is 280 g/mol. The molecule has 1 N–H and O–H groups in total. The van der Waals surface area contributed by atoms with Crippen molar-refractivity contribution in [3.05, 3.63) is 23.8 Å². The first-order valence-electron chi connectivity index (χ1n) is 7.16. The number of rotatable bonds is 6. The van der Waals surface area contributed by atoms with Crippen molar-refractivity contribution in [1.29, 1.82) is 0 Å². The zero-order valence-corrected chi connectivity index (χ0v) is 11.9. The lowest BCUT2D eigenvalue weighted by molar-refractivity contribution is -0.0512. The summed E-state index contributed by atoms with van der Waals surface area (Å²) < 4.78 is 40.1. The highest BCUT2D eigenvalue weighted by molar-refractivity contribution is 5.43. The molecule has 0 spiro atoms. The van der Waals surface area contributed by atoms with E-state index in [1.807, 2.05) is 6.07 Å². The van der Waals surface area contributed by atoms with Gasteiger partial charge in [0.1, 0.15) is 0 Å². The van der Waals surface area contributed by atoms with Gasteiger partial charge in [-0.05, 0) is 37.0 Å². The number of methoxy groups -OCH3 is 1. The van der Waals surface area contributed by atoms with Crippen LogP contribution < -0.4 is 14.8 Å². The first kappa shape index (κ1) is 14.5. The largest absolute Gasteiger partial charge is 0.493 e. The number of halogens is 2. The first-order valence-corrected chi connectivity index (χ1v) is 7.16. The maximum atomic E-state index is 12.4. The van der Waals surface area contributed by atoms with Crippen LogP contribution in [0.5, 0.6) is 11.5 Å². The van der Waals surface area contributed by atoms with Gasteiger partial charge in [0.2, 0.25) is 0 Å². The molecule has 6 heteroatoms. The Bertz CT molecular complexity index is 498. The Labute approximate surface area is 122 Å². The second-order valence-electron chi connectivity index (χ2n) is 5.46. The van der Waals surface area contributed by atoms with E-state index in [-0.39, 0.29) is 5.75 Å². The van der Waals surface area contributed by atoms with Crippen LogP contribution in [0, 0.1) is 0 Å². The van der Waals surface area contributed by atoms with Crippen LogP contribution in [0.3, 0.4) is 0 Å². The van der Waals surface area contributed by atoms with E-state index in [1.54, 1.807) is 12.1 Å². The molecule has 0 aromatic heterocycles. The number of nitrogens with one attached hydrogen (secondary N) is 1. The van der Waals surface area contributed by atoms with Gasteiger partial charge in [-0.2, -0.15) is 8.78 Å². The Balaban J connectivity index is 1.62. The number of ether oxygens (including phenoxy) is 3. The Kier molecular flexibility index (Phi) is 4.26.